The highest BCUT2D eigenvalue weighted by molar-refractivity contribution is 6.23. The zero-order valence-corrected chi connectivity index (χ0v) is 15.9. The highest BCUT2D eigenvalue weighted by atomic mass is 16.5. The molecule has 0 aromatic heterocycles. The zero-order valence-electron chi connectivity index (χ0n) is 15.9. The molecule has 0 spiro atoms. The smallest absolute Gasteiger partial charge is 0.311 e. The zero-order chi connectivity index (χ0) is 18.6. The summed E-state index contributed by atoms with van der Waals surface area (Å²) in [5.74, 6) is -0.108. The van der Waals surface area contributed by atoms with Crippen molar-refractivity contribution in [2.24, 2.45) is 22.7 Å². The number of allylic oxidation sites excluding steroid dienone is 4. The Morgan fingerprint density at radius 2 is 1.92 bits per heavy atom. The van der Waals surface area contributed by atoms with Crippen molar-refractivity contribution >= 4 is 17.5 Å². The third kappa shape index (κ3) is 2.44. The van der Waals surface area contributed by atoms with Gasteiger partial charge in [-0.15, -0.1) is 0 Å². The summed E-state index contributed by atoms with van der Waals surface area (Å²) in [6.45, 7) is 7.94. The number of ketones is 2. The average molecular weight is 344 g/mol. The van der Waals surface area contributed by atoms with Crippen molar-refractivity contribution in [2.45, 2.75) is 59.8 Å². The predicted octanol–water partition coefficient (Wildman–Crippen LogP) is 3.80. The maximum absolute atomic E-state index is 13.0. The minimum absolute atomic E-state index is 0.0281. The van der Waals surface area contributed by atoms with Gasteiger partial charge in [-0.3, -0.25) is 14.4 Å². The number of methoxy groups -OCH3 is 1. The molecule has 0 bridgehead atoms. The van der Waals surface area contributed by atoms with Crippen LogP contribution >= 0.6 is 0 Å². The largest absolute Gasteiger partial charge is 0.469 e. The van der Waals surface area contributed by atoms with E-state index < -0.39 is 10.8 Å². The number of hydrogen-bond donors (Lipinski definition) is 0. The standard InChI is InChI=1S/C21H28O4/c1-12(2)14-11-15(22)17-13(18(14)23)7-8-16-20(17,3)9-6-10-21(16,4)19(24)25-5/h11-12,16H,6-10H2,1-5H3/t16?,20-,21+/m0/s1. The topological polar surface area (TPSA) is 60.4 Å². The molecule has 3 aliphatic carbocycles. The van der Waals surface area contributed by atoms with Gasteiger partial charge in [0.25, 0.3) is 0 Å². The van der Waals surface area contributed by atoms with Gasteiger partial charge in [0.15, 0.2) is 11.6 Å². The van der Waals surface area contributed by atoms with Gasteiger partial charge in [-0.2, -0.15) is 0 Å². The van der Waals surface area contributed by atoms with Crippen molar-refractivity contribution < 1.29 is 19.1 Å². The van der Waals surface area contributed by atoms with Crippen molar-refractivity contribution in [1.82, 2.24) is 0 Å². The van der Waals surface area contributed by atoms with Gasteiger partial charge in [-0.05, 0) is 50.5 Å². The summed E-state index contributed by atoms with van der Waals surface area (Å²) in [6.07, 6.45) is 5.36. The minimum Gasteiger partial charge on any atom is -0.469 e. The minimum atomic E-state index is -0.592. The van der Waals surface area contributed by atoms with E-state index in [4.69, 9.17) is 4.74 Å². The summed E-state index contributed by atoms with van der Waals surface area (Å²) >= 11 is 0. The summed E-state index contributed by atoms with van der Waals surface area (Å²) in [4.78, 5) is 38.5. The van der Waals surface area contributed by atoms with E-state index in [0.29, 0.717) is 23.1 Å². The van der Waals surface area contributed by atoms with E-state index in [0.717, 1.165) is 25.7 Å². The van der Waals surface area contributed by atoms with Crippen LogP contribution in [0.5, 0.6) is 0 Å². The lowest BCUT2D eigenvalue weighted by Gasteiger charge is -2.54. The van der Waals surface area contributed by atoms with Gasteiger partial charge in [0.2, 0.25) is 0 Å². The molecule has 1 unspecified atom stereocenters. The molecule has 0 aliphatic heterocycles. The number of carbonyl (C=O) groups is 3. The first kappa shape index (κ1) is 18.1. The first-order chi connectivity index (χ1) is 11.7. The molecule has 4 nitrogen and oxygen atoms in total. The van der Waals surface area contributed by atoms with Crippen LogP contribution in [0.25, 0.3) is 0 Å². The Hall–Kier alpha value is -1.71. The highest BCUT2D eigenvalue weighted by Gasteiger charge is 2.58. The predicted molar refractivity (Wildman–Crippen MR) is 94.8 cm³/mol. The highest BCUT2D eigenvalue weighted by Crippen LogP contribution is 2.61. The molecule has 0 heterocycles. The number of rotatable bonds is 2. The third-order valence-corrected chi connectivity index (χ3v) is 6.83. The molecule has 0 aromatic rings. The van der Waals surface area contributed by atoms with E-state index in [9.17, 15) is 14.4 Å². The van der Waals surface area contributed by atoms with Gasteiger partial charge in [-0.1, -0.05) is 27.2 Å². The number of fused-ring (bicyclic) bond motifs is 2. The molecule has 1 saturated carbocycles. The van der Waals surface area contributed by atoms with Gasteiger partial charge >= 0.3 is 5.97 Å². The van der Waals surface area contributed by atoms with Gasteiger partial charge in [-0.25, -0.2) is 0 Å². The number of hydrogen-bond acceptors (Lipinski definition) is 4. The van der Waals surface area contributed by atoms with Crippen molar-refractivity contribution in [3.8, 4) is 0 Å². The molecule has 3 aliphatic rings. The first-order valence-corrected chi connectivity index (χ1v) is 9.29. The summed E-state index contributed by atoms with van der Waals surface area (Å²) in [5.41, 5.74) is 0.973. The molecule has 3 atom stereocenters. The molecule has 0 radical (unpaired) electrons. The van der Waals surface area contributed by atoms with E-state index in [1.54, 1.807) is 6.08 Å². The normalized spacial score (nSPS) is 35.3. The average Bonchev–Trinajstić information content (AvgIpc) is 2.56. The Kier molecular flexibility index (Phi) is 4.29. The molecule has 1 fully saturated rings. The van der Waals surface area contributed by atoms with Gasteiger partial charge in [0, 0.05) is 22.1 Å². The second kappa shape index (κ2) is 5.93. The van der Waals surface area contributed by atoms with Crippen molar-refractivity contribution in [3.63, 3.8) is 0 Å². The first-order valence-electron chi connectivity index (χ1n) is 9.29. The maximum atomic E-state index is 13.0. The van der Waals surface area contributed by atoms with E-state index in [2.05, 4.69) is 6.92 Å². The third-order valence-electron chi connectivity index (χ3n) is 6.83. The Labute approximate surface area is 149 Å². The Balaban J connectivity index is 2.10. The van der Waals surface area contributed by atoms with E-state index in [-0.39, 0.29) is 29.4 Å². The van der Waals surface area contributed by atoms with Crippen LogP contribution in [0.2, 0.25) is 0 Å². The second-order valence-electron chi connectivity index (χ2n) is 8.57. The van der Waals surface area contributed by atoms with Crippen molar-refractivity contribution in [1.29, 1.82) is 0 Å². The van der Waals surface area contributed by atoms with E-state index >= 15 is 0 Å². The number of ether oxygens (including phenoxy) is 1. The summed E-state index contributed by atoms with van der Waals surface area (Å²) < 4.78 is 5.10. The Bertz CT molecular complexity index is 711. The van der Waals surface area contributed by atoms with Crippen molar-refractivity contribution in [2.75, 3.05) is 7.11 Å². The molecule has 3 rings (SSSR count). The van der Waals surface area contributed by atoms with Crippen LogP contribution < -0.4 is 0 Å². The monoisotopic (exact) mass is 344 g/mol. The molecule has 25 heavy (non-hydrogen) atoms. The molecule has 0 N–H and O–H groups in total. The van der Waals surface area contributed by atoms with Crippen molar-refractivity contribution in [3.05, 3.63) is 22.8 Å². The molecule has 4 heteroatoms. The molecule has 136 valence electrons. The fourth-order valence-electron chi connectivity index (χ4n) is 5.59. The fraction of sp³-hybridized carbons (Fsp3) is 0.667. The summed E-state index contributed by atoms with van der Waals surface area (Å²) in [5, 5.41) is 0. The fourth-order valence-corrected chi connectivity index (χ4v) is 5.59. The van der Waals surface area contributed by atoms with E-state index in [1.807, 2.05) is 20.8 Å². The Morgan fingerprint density at radius 3 is 2.52 bits per heavy atom. The lowest BCUT2D eigenvalue weighted by atomic mass is 9.48. The second-order valence-corrected chi connectivity index (χ2v) is 8.57. The van der Waals surface area contributed by atoms with Crippen LogP contribution in [0.15, 0.2) is 22.8 Å². The SMILES string of the molecule is COC(=O)[C@]1(C)CCC[C@]2(C)C3=C(CCC12)C(=O)C(C(C)C)=CC3=O. The van der Waals surface area contributed by atoms with Gasteiger partial charge < -0.3 is 4.74 Å². The van der Waals surface area contributed by atoms with E-state index in [1.165, 1.54) is 7.11 Å². The Morgan fingerprint density at radius 1 is 1.24 bits per heavy atom. The number of esters is 1. The molecular formula is C21H28O4. The summed E-state index contributed by atoms with van der Waals surface area (Å²) in [6, 6.07) is 0. The quantitative estimate of drug-likeness (QED) is 0.565. The maximum Gasteiger partial charge on any atom is 0.311 e. The number of Topliss-reactive ketones (excluding diaryl/α,β-unsaturated/α-hetero) is 1. The molecule has 0 saturated heterocycles. The van der Waals surface area contributed by atoms with Crippen LogP contribution in [-0.2, 0) is 19.1 Å². The summed E-state index contributed by atoms with van der Waals surface area (Å²) in [7, 11) is 1.43. The number of carbonyl (C=O) groups excluding carboxylic acids is 3. The van der Waals surface area contributed by atoms with Gasteiger partial charge in [0.1, 0.15) is 0 Å². The van der Waals surface area contributed by atoms with Crippen LogP contribution in [-0.4, -0.2) is 24.6 Å². The van der Waals surface area contributed by atoms with Crippen LogP contribution in [0.1, 0.15) is 59.8 Å². The van der Waals surface area contributed by atoms with Crippen LogP contribution in [0.3, 0.4) is 0 Å². The van der Waals surface area contributed by atoms with Crippen LogP contribution in [0, 0.1) is 22.7 Å². The molecule has 0 amide bonds. The molecule has 0 aromatic carbocycles. The van der Waals surface area contributed by atoms with Crippen LogP contribution in [0.4, 0.5) is 0 Å². The molecular weight excluding hydrogens is 316 g/mol. The lowest BCUT2D eigenvalue weighted by molar-refractivity contribution is -0.163. The lowest BCUT2D eigenvalue weighted by Crippen LogP contribution is -2.52. The van der Waals surface area contributed by atoms with Gasteiger partial charge in [0.05, 0.1) is 12.5 Å².